The summed E-state index contributed by atoms with van der Waals surface area (Å²) in [5, 5.41) is 18.9. The second-order valence-corrected chi connectivity index (χ2v) is 7.33. The number of hydrogen-bond donors (Lipinski definition) is 3. The lowest BCUT2D eigenvalue weighted by Crippen LogP contribution is -3.12. The van der Waals surface area contributed by atoms with Gasteiger partial charge in [0.05, 0.1) is 24.7 Å². The van der Waals surface area contributed by atoms with Crippen LogP contribution >= 0.6 is 11.3 Å². The number of thiophene rings is 1. The van der Waals surface area contributed by atoms with E-state index in [0.29, 0.717) is 11.5 Å². The Bertz CT molecular complexity index is 857. The van der Waals surface area contributed by atoms with E-state index in [1.54, 1.807) is 11.3 Å². The molecule has 130 valence electrons. The molecule has 1 fully saturated rings. The van der Waals surface area contributed by atoms with Crippen LogP contribution in [0.5, 0.6) is 5.88 Å². The summed E-state index contributed by atoms with van der Waals surface area (Å²) in [6, 6.07) is 4.41. The number of aromatic nitrogens is 2. The third-order valence-corrected chi connectivity index (χ3v) is 5.79. The van der Waals surface area contributed by atoms with E-state index >= 15 is 0 Å². The summed E-state index contributed by atoms with van der Waals surface area (Å²) >= 11 is 1.66. The van der Waals surface area contributed by atoms with E-state index in [9.17, 15) is 5.26 Å². The van der Waals surface area contributed by atoms with Crippen LogP contribution in [-0.2, 0) is 11.3 Å². The molecule has 25 heavy (non-hydrogen) atoms. The summed E-state index contributed by atoms with van der Waals surface area (Å²) in [5.41, 5.74) is 9.49. The molecule has 0 amide bonds. The van der Waals surface area contributed by atoms with Crippen LogP contribution in [0.15, 0.2) is 22.9 Å². The maximum Gasteiger partial charge on any atom is 0.244 e. The number of H-pyrrole nitrogens is 1. The van der Waals surface area contributed by atoms with Gasteiger partial charge in [0.25, 0.3) is 0 Å². The van der Waals surface area contributed by atoms with Crippen molar-refractivity contribution < 1.29 is 14.4 Å². The molecule has 0 unspecified atom stereocenters. The minimum Gasteiger partial charge on any atom is -0.420 e. The zero-order valence-corrected chi connectivity index (χ0v) is 14.8. The first-order valence-electron chi connectivity index (χ1n) is 8.28. The first-order valence-corrected chi connectivity index (χ1v) is 9.16. The quantitative estimate of drug-likeness (QED) is 0.738. The van der Waals surface area contributed by atoms with Crippen molar-refractivity contribution >= 4 is 11.3 Å². The van der Waals surface area contributed by atoms with Crippen molar-refractivity contribution in [1.29, 1.82) is 5.26 Å². The van der Waals surface area contributed by atoms with Crippen LogP contribution in [-0.4, -0.2) is 36.5 Å². The topological polar surface area (TPSA) is 101 Å². The zero-order valence-electron chi connectivity index (χ0n) is 14.0. The number of nitriles is 1. The number of quaternary nitrogens is 1. The molecule has 2 aliphatic heterocycles. The molecule has 0 bridgehead atoms. The molecule has 4 N–H and O–H groups in total. The van der Waals surface area contributed by atoms with E-state index < -0.39 is 0 Å². The highest BCUT2D eigenvalue weighted by atomic mass is 32.1. The highest BCUT2D eigenvalue weighted by molar-refractivity contribution is 7.10. The van der Waals surface area contributed by atoms with E-state index in [4.69, 9.17) is 15.2 Å². The van der Waals surface area contributed by atoms with Crippen LogP contribution in [0.4, 0.5) is 0 Å². The molecule has 0 spiro atoms. The maximum absolute atomic E-state index is 9.60. The molecule has 2 aromatic rings. The van der Waals surface area contributed by atoms with Gasteiger partial charge in [0, 0.05) is 16.1 Å². The summed E-state index contributed by atoms with van der Waals surface area (Å²) in [6.45, 7) is 6.61. The number of nitrogens with two attached hydrogens (primary N) is 1. The Morgan fingerprint density at radius 2 is 2.28 bits per heavy atom. The fourth-order valence-corrected chi connectivity index (χ4v) is 4.48. The number of ether oxygens (including phenoxy) is 2. The van der Waals surface area contributed by atoms with Gasteiger partial charge >= 0.3 is 0 Å². The molecule has 8 heteroatoms. The van der Waals surface area contributed by atoms with Crippen molar-refractivity contribution in [3.8, 4) is 11.9 Å². The van der Waals surface area contributed by atoms with Crippen molar-refractivity contribution in [2.75, 3.05) is 26.3 Å². The fraction of sp³-hybridized carbons (Fsp3) is 0.412. The van der Waals surface area contributed by atoms with E-state index in [0.717, 1.165) is 49.0 Å². The average molecular weight is 358 g/mol. The zero-order chi connectivity index (χ0) is 17.4. The van der Waals surface area contributed by atoms with Gasteiger partial charge in [-0.15, -0.1) is 16.4 Å². The number of aryl methyl sites for hydroxylation is 1. The lowest BCUT2D eigenvalue weighted by Gasteiger charge is -2.23. The number of nitrogens with one attached hydrogen (secondary N) is 2. The molecule has 2 aromatic heterocycles. The SMILES string of the molecule is Cc1[nH]nc2c1[C@@H](c1cc(C[NH+]3CCOCC3)cs1)C(C#N)=C(N)O2. The molecule has 2 aliphatic rings. The lowest BCUT2D eigenvalue weighted by atomic mass is 9.88. The van der Waals surface area contributed by atoms with Crippen LogP contribution in [0.2, 0.25) is 0 Å². The predicted octanol–water partition coefficient (Wildman–Crippen LogP) is 0.413. The van der Waals surface area contributed by atoms with Crippen LogP contribution < -0.4 is 15.4 Å². The van der Waals surface area contributed by atoms with Crippen molar-refractivity contribution in [3.63, 3.8) is 0 Å². The summed E-state index contributed by atoms with van der Waals surface area (Å²) in [7, 11) is 0. The van der Waals surface area contributed by atoms with Crippen molar-refractivity contribution in [1.82, 2.24) is 10.2 Å². The molecule has 0 aliphatic carbocycles. The Hall–Kier alpha value is -2.34. The molecular formula is C17H20N5O2S+. The summed E-state index contributed by atoms with van der Waals surface area (Å²) in [4.78, 5) is 2.62. The molecule has 0 aromatic carbocycles. The fourth-order valence-electron chi connectivity index (χ4n) is 3.45. The van der Waals surface area contributed by atoms with Crippen molar-refractivity contribution in [3.05, 3.63) is 44.6 Å². The molecule has 4 heterocycles. The minimum atomic E-state index is -0.217. The Balaban J connectivity index is 1.66. The van der Waals surface area contributed by atoms with Gasteiger partial charge in [-0.3, -0.25) is 5.10 Å². The monoisotopic (exact) mass is 358 g/mol. The molecule has 0 saturated carbocycles. The summed E-state index contributed by atoms with van der Waals surface area (Å²) in [6.07, 6.45) is 0. The Morgan fingerprint density at radius 1 is 1.48 bits per heavy atom. The van der Waals surface area contributed by atoms with E-state index in [1.165, 1.54) is 10.5 Å². The Morgan fingerprint density at radius 3 is 3.04 bits per heavy atom. The van der Waals surface area contributed by atoms with Crippen LogP contribution in [0, 0.1) is 18.3 Å². The van der Waals surface area contributed by atoms with Crippen LogP contribution in [0.25, 0.3) is 0 Å². The predicted molar refractivity (Wildman–Crippen MR) is 92.2 cm³/mol. The van der Waals surface area contributed by atoms with Gasteiger partial charge in [-0.25, -0.2) is 0 Å². The maximum atomic E-state index is 9.60. The standard InChI is InChI=1S/C17H19N5O2S/c1-10-14-15(12(7-18)16(19)24-17(14)21-20-10)13-6-11(9-25-13)8-22-2-4-23-5-3-22/h6,9,15H,2-5,8,19H2,1H3,(H,20,21)/p+1/t15-/m1/s1. The van der Waals surface area contributed by atoms with Gasteiger partial charge in [-0.2, -0.15) is 5.26 Å². The van der Waals surface area contributed by atoms with Gasteiger partial charge in [-0.05, 0) is 18.4 Å². The number of rotatable bonds is 3. The Labute approximate surface area is 149 Å². The number of aromatic amines is 1. The second-order valence-electron chi connectivity index (χ2n) is 6.39. The minimum absolute atomic E-state index is 0.139. The number of allylic oxidation sites excluding steroid dienone is 1. The summed E-state index contributed by atoms with van der Waals surface area (Å²) < 4.78 is 10.9. The molecular weight excluding hydrogens is 338 g/mol. The first-order chi connectivity index (χ1) is 12.2. The largest absolute Gasteiger partial charge is 0.420 e. The van der Waals surface area contributed by atoms with Gasteiger partial charge in [0.1, 0.15) is 31.3 Å². The molecule has 7 nitrogen and oxygen atoms in total. The number of fused-ring (bicyclic) bond motifs is 1. The van der Waals surface area contributed by atoms with Gasteiger partial charge < -0.3 is 20.1 Å². The van der Waals surface area contributed by atoms with Crippen molar-refractivity contribution in [2.24, 2.45) is 5.73 Å². The highest BCUT2D eigenvalue weighted by Crippen LogP contribution is 2.44. The third kappa shape index (κ3) is 2.91. The molecule has 0 radical (unpaired) electrons. The van der Waals surface area contributed by atoms with Gasteiger partial charge in [-0.1, -0.05) is 0 Å². The molecule has 1 atom stereocenters. The molecule has 4 rings (SSSR count). The number of nitrogens with zero attached hydrogens (tertiary/aromatic N) is 2. The van der Waals surface area contributed by atoms with Gasteiger partial charge in [0.2, 0.25) is 11.8 Å². The van der Waals surface area contributed by atoms with E-state index in [2.05, 4.69) is 27.7 Å². The summed E-state index contributed by atoms with van der Waals surface area (Å²) in [5.74, 6) is 0.388. The normalized spacial score (nSPS) is 20.9. The lowest BCUT2D eigenvalue weighted by molar-refractivity contribution is -0.921. The molecule has 1 saturated heterocycles. The average Bonchev–Trinajstić information content (AvgIpc) is 3.22. The first kappa shape index (κ1) is 16.1. The Kier molecular flexibility index (Phi) is 4.21. The number of morpholine rings is 1. The number of hydrogen-bond acceptors (Lipinski definition) is 6. The highest BCUT2D eigenvalue weighted by Gasteiger charge is 2.35. The van der Waals surface area contributed by atoms with Crippen LogP contribution in [0.3, 0.4) is 0 Å². The second kappa shape index (κ2) is 6.52. The van der Waals surface area contributed by atoms with E-state index in [-0.39, 0.29) is 11.8 Å². The third-order valence-electron chi connectivity index (χ3n) is 4.74. The van der Waals surface area contributed by atoms with Gasteiger partial charge in [0.15, 0.2) is 0 Å². The van der Waals surface area contributed by atoms with Crippen molar-refractivity contribution in [2.45, 2.75) is 19.4 Å². The van der Waals surface area contributed by atoms with Crippen LogP contribution in [0.1, 0.15) is 27.6 Å². The smallest absolute Gasteiger partial charge is 0.244 e. The van der Waals surface area contributed by atoms with E-state index in [1.807, 2.05) is 6.92 Å².